The number of fused-ring (bicyclic) bond motifs is 1. The van der Waals surface area contributed by atoms with Crippen molar-refractivity contribution >= 4 is 42.5 Å². The average Bonchev–Trinajstić information content (AvgIpc) is 3.22. The fourth-order valence-corrected chi connectivity index (χ4v) is 7.67. The molecule has 3 aliphatic heterocycles. The third-order valence-corrected chi connectivity index (χ3v) is 9.26. The van der Waals surface area contributed by atoms with Crippen molar-refractivity contribution in [3.05, 3.63) is 10.6 Å². The molecule has 3 aliphatic rings. The molecule has 0 spiro atoms. The molecule has 184 valence electrons. The summed E-state index contributed by atoms with van der Waals surface area (Å²) in [5.74, 6) is -2.39. The van der Waals surface area contributed by atoms with Crippen LogP contribution in [0.2, 0.25) is 0 Å². The van der Waals surface area contributed by atoms with E-state index < -0.39 is 19.0 Å². The summed E-state index contributed by atoms with van der Waals surface area (Å²) < 4.78 is 12.0. The number of thioether (sulfide) groups is 1. The maximum Gasteiger partial charge on any atom is 0.353 e. The van der Waals surface area contributed by atoms with Crippen LogP contribution in [0.25, 0.3) is 0 Å². The fraction of sp³-hybridized carbons (Fsp3) is 0.727. The molecule has 2 N–H and O–H groups in total. The number of aliphatic carboxylic acids is 1. The Hall–Kier alpha value is -1.64. The van der Waals surface area contributed by atoms with Crippen LogP contribution < -0.4 is 5.32 Å². The first kappa shape index (κ1) is 26.0. The number of rotatable bonds is 9. The normalized spacial score (nSPS) is 30.2. The molecule has 11 heteroatoms. The van der Waals surface area contributed by atoms with E-state index in [1.54, 1.807) is 32.3 Å². The van der Waals surface area contributed by atoms with Crippen LogP contribution in [-0.4, -0.2) is 95.9 Å². The Balaban J connectivity index is 1.73. The third-order valence-electron chi connectivity index (χ3n) is 6.63. The Bertz CT molecular complexity index is 944. The summed E-state index contributed by atoms with van der Waals surface area (Å²) in [5, 5.41) is 13.1. The molecule has 0 saturated carbocycles. The number of hydrogen-bond donors (Lipinski definition) is 2. The number of likely N-dealkylation sites (N-methyl/N-ethyl adjacent to an activating group) is 1. The molecular formula is C22H34N3O6PS. The number of carbonyl (C=O) groups excluding carboxylic acids is 3. The van der Waals surface area contributed by atoms with E-state index in [1.807, 2.05) is 13.8 Å². The van der Waals surface area contributed by atoms with Gasteiger partial charge in [-0.05, 0) is 25.7 Å². The molecule has 2 saturated heterocycles. The van der Waals surface area contributed by atoms with Crippen molar-refractivity contribution in [2.75, 3.05) is 40.1 Å². The molecule has 33 heavy (non-hydrogen) atoms. The van der Waals surface area contributed by atoms with E-state index in [0.717, 1.165) is 0 Å². The second kappa shape index (κ2) is 9.55. The standard InChI is InChI=1S/C22H34N3O6PS/c1-11(7-13(26)10-32(5,6)31)16-17-12(2)19(18(22(29)30)25(17)21(16)28)33-14-8-15(23-9-14)20(27)24(3)4/h11-12,14-17,23H,7-10H2,1-6H3,(H,29,30)/t11-,12+,14-,15-,16+,17+/m0/s1. The highest BCUT2D eigenvalue weighted by atomic mass is 32.2. The molecule has 0 unspecified atom stereocenters. The largest absolute Gasteiger partial charge is 0.477 e. The molecular weight excluding hydrogens is 465 g/mol. The van der Waals surface area contributed by atoms with Crippen LogP contribution in [0.4, 0.5) is 0 Å². The predicted octanol–water partition coefficient (Wildman–Crippen LogP) is 1.53. The van der Waals surface area contributed by atoms with E-state index in [1.165, 1.54) is 16.7 Å². The highest BCUT2D eigenvalue weighted by Gasteiger charge is 2.60. The first-order valence-electron chi connectivity index (χ1n) is 11.2. The van der Waals surface area contributed by atoms with Crippen molar-refractivity contribution in [1.29, 1.82) is 0 Å². The molecule has 2 fully saturated rings. The zero-order valence-electron chi connectivity index (χ0n) is 20.0. The maximum absolute atomic E-state index is 13.0. The van der Waals surface area contributed by atoms with Crippen molar-refractivity contribution in [1.82, 2.24) is 15.1 Å². The summed E-state index contributed by atoms with van der Waals surface area (Å²) in [7, 11) is 0.927. The molecule has 9 nitrogen and oxygen atoms in total. The predicted molar refractivity (Wildman–Crippen MR) is 128 cm³/mol. The molecule has 3 heterocycles. The summed E-state index contributed by atoms with van der Waals surface area (Å²) in [6.45, 7) is 7.50. The Morgan fingerprint density at radius 2 is 1.94 bits per heavy atom. The number of nitrogens with zero attached hydrogens (tertiary/aromatic N) is 2. The quantitative estimate of drug-likeness (QED) is 0.362. The van der Waals surface area contributed by atoms with Gasteiger partial charge in [-0.3, -0.25) is 14.4 Å². The zero-order chi connectivity index (χ0) is 24.8. The SMILES string of the molecule is C[C@@H](CC(=O)CP(C)(C)=O)[C@H]1C(=O)N2C(C(=O)O)=C(S[C@@H]3CN[C@H](C(=O)N(C)C)C3)[C@H](C)[C@H]12. The lowest BCUT2D eigenvalue weighted by molar-refractivity contribution is -0.160. The number of nitrogens with one attached hydrogen (secondary N) is 1. The first-order valence-corrected chi connectivity index (χ1v) is 14.9. The van der Waals surface area contributed by atoms with Crippen LogP contribution in [-0.2, 0) is 23.7 Å². The number of hydrogen-bond acceptors (Lipinski definition) is 7. The summed E-state index contributed by atoms with van der Waals surface area (Å²) in [6, 6.07) is -0.592. The van der Waals surface area contributed by atoms with Gasteiger partial charge in [0.25, 0.3) is 0 Å². The summed E-state index contributed by atoms with van der Waals surface area (Å²) >= 11 is 1.45. The van der Waals surface area contributed by atoms with Crippen molar-refractivity contribution in [2.24, 2.45) is 17.8 Å². The Morgan fingerprint density at radius 1 is 1.30 bits per heavy atom. The lowest BCUT2D eigenvalue weighted by Gasteiger charge is -2.47. The second-order valence-electron chi connectivity index (χ2n) is 10.2. The molecule has 3 rings (SSSR count). The van der Waals surface area contributed by atoms with E-state index >= 15 is 0 Å². The second-order valence-corrected chi connectivity index (χ2v) is 15.0. The highest BCUT2D eigenvalue weighted by molar-refractivity contribution is 8.03. The lowest BCUT2D eigenvalue weighted by Crippen LogP contribution is -2.62. The molecule has 0 aromatic carbocycles. The summed E-state index contributed by atoms with van der Waals surface area (Å²) in [5.41, 5.74) is 0.0336. The Labute approximate surface area is 199 Å². The van der Waals surface area contributed by atoms with Gasteiger partial charge in [0, 0.05) is 43.1 Å². The smallest absolute Gasteiger partial charge is 0.353 e. The number of β-lactam (4-membered cyclic amide) rings is 1. The van der Waals surface area contributed by atoms with Gasteiger partial charge < -0.3 is 24.8 Å². The van der Waals surface area contributed by atoms with Gasteiger partial charge in [-0.25, -0.2) is 4.79 Å². The van der Waals surface area contributed by atoms with Gasteiger partial charge in [0.2, 0.25) is 11.8 Å². The molecule has 0 radical (unpaired) electrons. The van der Waals surface area contributed by atoms with Crippen LogP contribution in [0, 0.1) is 17.8 Å². The molecule has 0 aromatic heterocycles. The Kier molecular flexibility index (Phi) is 7.51. The lowest BCUT2D eigenvalue weighted by atomic mass is 9.73. The van der Waals surface area contributed by atoms with Crippen LogP contribution in [0.15, 0.2) is 10.6 Å². The monoisotopic (exact) mass is 499 g/mol. The van der Waals surface area contributed by atoms with E-state index in [0.29, 0.717) is 17.9 Å². The van der Waals surface area contributed by atoms with Crippen molar-refractivity contribution in [3.8, 4) is 0 Å². The molecule has 2 amide bonds. The van der Waals surface area contributed by atoms with E-state index in [-0.39, 0.29) is 65.0 Å². The van der Waals surface area contributed by atoms with Gasteiger partial charge in [0.05, 0.1) is 31.3 Å². The van der Waals surface area contributed by atoms with Crippen molar-refractivity contribution in [3.63, 3.8) is 0 Å². The minimum absolute atomic E-state index is 0.00809. The van der Waals surface area contributed by atoms with Crippen molar-refractivity contribution < 1.29 is 28.8 Å². The topological polar surface area (TPSA) is 124 Å². The van der Waals surface area contributed by atoms with Crippen LogP contribution >= 0.6 is 18.9 Å². The Morgan fingerprint density at radius 3 is 2.48 bits per heavy atom. The zero-order valence-corrected chi connectivity index (χ0v) is 21.7. The van der Waals surface area contributed by atoms with Crippen LogP contribution in [0.3, 0.4) is 0 Å². The highest BCUT2D eigenvalue weighted by Crippen LogP contribution is 2.53. The van der Waals surface area contributed by atoms with Crippen LogP contribution in [0.5, 0.6) is 0 Å². The molecule has 6 atom stereocenters. The number of carbonyl (C=O) groups is 4. The molecule has 0 aromatic rings. The van der Waals surface area contributed by atoms with Gasteiger partial charge >= 0.3 is 5.97 Å². The van der Waals surface area contributed by atoms with Gasteiger partial charge in [0.15, 0.2) is 0 Å². The third kappa shape index (κ3) is 5.23. The molecule has 0 bridgehead atoms. The number of carboxylic acid groups (broad SMARTS) is 1. The van der Waals surface area contributed by atoms with Gasteiger partial charge in [-0.15, -0.1) is 11.8 Å². The first-order chi connectivity index (χ1) is 15.2. The minimum atomic E-state index is -2.48. The van der Waals surface area contributed by atoms with Gasteiger partial charge in [-0.1, -0.05) is 13.8 Å². The number of ketones is 1. The summed E-state index contributed by atoms with van der Waals surface area (Å²) in [4.78, 5) is 53.3. The average molecular weight is 500 g/mol. The van der Waals surface area contributed by atoms with E-state index in [9.17, 15) is 28.8 Å². The minimum Gasteiger partial charge on any atom is -0.477 e. The van der Waals surface area contributed by atoms with E-state index in [2.05, 4.69) is 5.32 Å². The van der Waals surface area contributed by atoms with Crippen molar-refractivity contribution in [2.45, 2.75) is 44.0 Å². The van der Waals surface area contributed by atoms with Gasteiger partial charge in [-0.2, -0.15) is 0 Å². The van der Waals surface area contributed by atoms with E-state index in [4.69, 9.17) is 0 Å². The maximum atomic E-state index is 13.0. The van der Waals surface area contributed by atoms with Crippen LogP contribution in [0.1, 0.15) is 26.7 Å². The van der Waals surface area contributed by atoms with Gasteiger partial charge in [0.1, 0.15) is 11.5 Å². The molecule has 0 aliphatic carbocycles. The fourth-order valence-electron chi connectivity index (χ4n) is 5.21. The summed E-state index contributed by atoms with van der Waals surface area (Å²) in [6.07, 6.45) is 0.764. The number of Topliss-reactive ketones (excluding diaryl/α,β-unsaturated/α-hetero) is 1. The number of carboxylic acids is 1. The number of amides is 2.